The van der Waals surface area contributed by atoms with Gasteiger partial charge in [-0.15, -0.1) is 0 Å². The minimum atomic E-state index is -2.81. The maximum absolute atomic E-state index is 11.3. The third-order valence-corrected chi connectivity index (χ3v) is 5.00. The lowest BCUT2D eigenvalue weighted by Gasteiger charge is -2.23. The Hall–Kier alpha value is -0.130. The molecule has 2 saturated heterocycles. The summed E-state index contributed by atoms with van der Waals surface area (Å²) in [6.07, 6.45) is 2.84. The molecule has 0 aliphatic carbocycles. The molecule has 82 valence electrons. The summed E-state index contributed by atoms with van der Waals surface area (Å²) in [5, 5.41) is 0. The lowest BCUT2D eigenvalue weighted by atomic mass is 9.94. The van der Waals surface area contributed by atoms with Crippen LogP contribution in [0, 0.1) is 5.92 Å². The van der Waals surface area contributed by atoms with Crippen LogP contribution in [0.25, 0.3) is 0 Å². The van der Waals surface area contributed by atoms with Crippen molar-refractivity contribution in [2.45, 2.75) is 31.4 Å². The molecule has 0 bridgehead atoms. The van der Waals surface area contributed by atoms with Gasteiger partial charge in [-0.1, -0.05) is 0 Å². The van der Waals surface area contributed by atoms with Gasteiger partial charge in [0, 0.05) is 12.6 Å². The molecule has 2 aliphatic rings. The van der Waals surface area contributed by atoms with Crippen molar-refractivity contribution in [3.05, 3.63) is 0 Å². The maximum atomic E-state index is 11.3. The summed E-state index contributed by atoms with van der Waals surface area (Å²) < 4.78 is 28.0. The highest BCUT2D eigenvalue weighted by Gasteiger charge is 2.36. The van der Waals surface area contributed by atoms with Gasteiger partial charge < -0.3 is 10.5 Å². The Balaban J connectivity index is 1.95. The molecule has 0 aromatic rings. The molecule has 2 aliphatic heterocycles. The number of rotatable bonds is 2. The smallest absolute Gasteiger partial charge is 0.150 e. The van der Waals surface area contributed by atoms with Gasteiger partial charge in [-0.05, 0) is 25.2 Å². The molecule has 0 aromatic heterocycles. The van der Waals surface area contributed by atoms with Crippen LogP contribution < -0.4 is 5.73 Å². The van der Waals surface area contributed by atoms with E-state index in [1.165, 1.54) is 0 Å². The largest absolute Gasteiger partial charge is 0.377 e. The van der Waals surface area contributed by atoms with Crippen LogP contribution in [0.2, 0.25) is 0 Å². The molecule has 5 heteroatoms. The Morgan fingerprint density at radius 1 is 1.36 bits per heavy atom. The predicted octanol–water partition coefficient (Wildman–Crippen LogP) is -0.0726. The van der Waals surface area contributed by atoms with Gasteiger partial charge in [-0.3, -0.25) is 0 Å². The fourth-order valence-corrected chi connectivity index (χ4v) is 4.21. The molecule has 0 radical (unpaired) electrons. The highest BCUT2D eigenvalue weighted by atomic mass is 32.2. The molecular weight excluding hydrogens is 202 g/mol. The van der Waals surface area contributed by atoms with Crippen molar-refractivity contribution in [2.24, 2.45) is 11.7 Å². The quantitative estimate of drug-likeness (QED) is 0.705. The van der Waals surface area contributed by atoms with Gasteiger partial charge in [0.2, 0.25) is 0 Å². The van der Waals surface area contributed by atoms with Crippen molar-refractivity contribution in [1.29, 1.82) is 0 Å². The topological polar surface area (TPSA) is 69.4 Å². The molecule has 2 heterocycles. The predicted molar refractivity (Wildman–Crippen MR) is 53.7 cm³/mol. The van der Waals surface area contributed by atoms with Crippen LogP contribution in [0.5, 0.6) is 0 Å². The first-order valence-corrected chi connectivity index (χ1v) is 6.98. The van der Waals surface area contributed by atoms with E-state index in [0.717, 1.165) is 19.4 Å². The molecule has 4 nitrogen and oxygen atoms in total. The zero-order chi connectivity index (χ0) is 10.2. The molecule has 3 unspecified atom stereocenters. The molecule has 14 heavy (non-hydrogen) atoms. The second kappa shape index (κ2) is 3.79. The summed E-state index contributed by atoms with van der Waals surface area (Å²) in [6.45, 7) is 0.776. The summed E-state index contributed by atoms with van der Waals surface area (Å²) in [5.41, 5.74) is 6.02. The fourth-order valence-electron chi connectivity index (χ4n) is 2.34. The Morgan fingerprint density at radius 2 is 2.14 bits per heavy atom. The number of hydrogen-bond donors (Lipinski definition) is 1. The number of nitrogens with two attached hydrogens (primary N) is 1. The highest BCUT2D eigenvalue weighted by molar-refractivity contribution is 7.91. The Kier molecular flexibility index (Phi) is 2.81. The van der Waals surface area contributed by atoms with Gasteiger partial charge in [-0.2, -0.15) is 0 Å². The van der Waals surface area contributed by atoms with Gasteiger partial charge in [-0.25, -0.2) is 8.42 Å². The van der Waals surface area contributed by atoms with Crippen LogP contribution in [-0.4, -0.2) is 38.7 Å². The van der Waals surface area contributed by atoms with E-state index < -0.39 is 9.84 Å². The molecule has 0 saturated carbocycles. The third kappa shape index (κ3) is 2.10. The monoisotopic (exact) mass is 219 g/mol. The first-order chi connectivity index (χ1) is 6.58. The van der Waals surface area contributed by atoms with Crippen LogP contribution in [0.4, 0.5) is 0 Å². The van der Waals surface area contributed by atoms with Crippen LogP contribution in [0.3, 0.4) is 0 Å². The van der Waals surface area contributed by atoms with E-state index in [-0.39, 0.29) is 23.8 Å². The third-order valence-electron chi connectivity index (χ3n) is 3.21. The van der Waals surface area contributed by atoms with E-state index >= 15 is 0 Å². The zero-order valence-corrected chi connectivity index (χ0v) is 9.00. The van der Waals surface area contributed by atoms with Crippen LogP contribution in [0.15, 0.2) is 0 Å². The summed E-state index contributed by atoms with van der Waals surface area (Å²) in [5.74, 6) is 0.676. The van der Waals surface area contributed by atoms with Crippen molar-refractivity contribution >= 4 is 9.84 Å². The molecule has 2 rings (SSSR count). The fraction of sp³-hybridized carbons (Fsp3) is 1.00. The van der Waals surface area contributed by atoms with Gasteiger partial charge in [0.1, 0.15) is 0 Å². The van der Waals surface area contributed by atoms with Gasteiger partial charge in [0.25, 0.3) is 0 Å². The second-order valence-electron chi connectivity index (χ2n) is 4.29. The first kappa shape index (κ1) is 10.4. The molecule has 2 fully saturated rings. The van der Waals surface area contributed by atoms with E-state index in [1.54, 1.807) is 0 Å². The van der Waals surface area contributed by atoms with Crippen molar-refractivity contribution in [2.75, 3.05) is 18.1 Å². The Bertz CT molecular complexity index is 295. The Morgan fingerprint density at radius 3 is 2.64 bits per heavy atom. The summed E-state index contributed by atoms with van der Waals surface area (Å²) >= 11 is 0. The number of sulfone groups is 1. The second-order valence-corrected chi connectivity index (χ2v) is 6.52. The maximum Gasteiger partial charge on any atom is 0.150 e. The van der Waals surface area contributed by atoms with Crippen molar-refractivity contribution < 1.29 is 13.2 Å². The number of ether oxygens (including phenoxy) is 1. The summed E-state index contributed by atoms with van der Waals surface area (Å²) in [4.78, 5) is 0. The molecule has 3 atom stereocenters. The summed E-state index contributed by atoms with van der Waals surface area (Å²) in [7, 11) is -2.81. The average Bonchev–Trinajstić information content (AvgIpc) is 2.72. The van der Waals surface area contributed by atoms with E-state index in [2.05, 4.69) is 0 Å². The zero-order valence-electron chi connectivity index (χ0n) is 8.19. The van der Waals surface area contributed by atoms with Crippen LogP contribution >= 0.6 is 0 Å². The SMILES string of the molecule is NC(C1CCS(=O)(=O)C1)C1CCCO1. The first-order valence-electron chi connectivity index (χ1n) is 5.16. The average molecular weight is 219 g/mol. The van der Waals surface area contributed by atoms with Crippen LogP contribution in [0.1, 0.15) is 19.3 Å². The van der Waals surface area contributed by atoms with Crippen molar-refractivity contribution in [3.63, 3.8) is 0 Å². The summed E-state index contributed by atoms with van der Waals surface area (Å²) in [6, 6.07) is -0.0882. The van der Waals surface area contributed by atoms with E-state index in [4.69, 9.17) is 10.5 Å². The molecule has 0 spiro atoms. The highest BCUT2D eigenvalue weighted by Crippen LogP contribution is 2.26. The van der Waals surface area contributed by atoms with Gasteiger partial charge >= 0.3 is 0 Å². The van der Waals surface area contributed by atoms with Crippen LogP contribution in [-0.2, 0) is 14.6 Å². The molecule has 0 aromatic carbocycles. The van der Waals surface area contributed by atoms with Crippen molar-refractivity contribution in [3.8, 4) is 0 Å². The Labute approximate surface area is 84.7 Å². The molecule has 2 N–H and O–H groups in total. The minimum absolute atomic E-state index is 0.0882. The lowest BCUT2D eigenvalue weighted by molar-refractivity contribution is 0.0753. The van der Waals surface area contributed by atoms with E-state index in [1.807, 2.05) is 0 Å². The van der Waals surface area contributed by atoms with Gasteiger partial charge in [0.15, 0.2) is 9.84 Å². The van der Waals surface area contributed by atoms with Crippen molar-refractivity contribution in [1.82, 2.24) is 0 Å². The molecular formula is C9H17NO3S. The minimum Gasteiger partial charge on any atom is -0.377 e. The number of hydrogen-bond acceptors (Lipinski definition) is 4. The van der Waals surface area contributed by atoms with E-state index in [9.17, 15) is 8.42 Å². The van der Waals surface area contributed by atoms with Gasteiger partial charge in [0.05, 0.1) is 17.6 Å². The molecule has 0 amide bonds. The standard InChI is InChI=1S/C9H17NO3S/c10-9(8-2-1-4-13-8)7-3-5-14(11,12)6-7/h7-9H,1-6,10H2. The lowest BCUT2D eigenvalue weighted by Crippen LogP contribution is -2.41. The normalized spacial score (nSPS) is 38.6. The van der Waals surface area contributed by atoms with E-state index in [0.29, 0.717) is 12.2 Å².